The van der Waals surface area contributed by atoms with Crippen molar-refractivity contribution in [2.45, 2.75) is 20.4 Å². The number of aromatic nitrogens is 2. The average molecular weight is 388 g/mol. The molecule has 0 unspecified atom stereocenters. The molecule has 1 aliphatic rings. The van der Waals surface area contributed by atoms with E-state index in [1.54, 1.807) is 18.6 Å². The van der Waals surface area contributed by atoms with E-state index in [1.807, 2.05) is 24.3 Å². The number of rotatable bonds is 8. The van der Waals surface area contributed by atoms with Crippen LogP contribution in [0.1, 0.15) is 35.5 Å². The van der Waals surface area contributed by atoms with E-state index < -0.39 is 0 Å². The average Bonchev–Trinajstić information content (AvgIpc) is 3.09. The normalized spacial score (nSPS) is 13.3. The van der Waals surface area contributed by atoms with Crippen LogP contribution in [0.5, 0.6) is 0 Å². The molecule has 7 heteroatoms. The van der Waals surface area contributed by atoms with Crippen LogP contribution >= 0.6 is 0 Å². The number of carbonyl (C=O) groups is 1. The highest BCUT2D eigenvalue weighted by molar-refractivity contribution is 6.05. The van der Waals surface area contributed by atoms with Gasteiger partial charge in [-0.25, -0.2) is 9.98 Å². The Bertz CT molecular complexity index is 992. The molecule has 0 radical (unpaired) electrons. The van der Waals surface area contributed by atoms with Crippen molar-refractivity contribution in [2.75, 3.05) is 5.32 Å². The quantitative estimate of drug-likeness (QED) is 0.599. The number of pyridine rings is 2. The van der Waals surface area contributed by atoms with Crippen LogP contribution in [0, 0.1) is 5.92 Å². The zero-order chi connectivity index (χ0) is 20.8. The molecule has 3 N–H and O–H groups in total. The lowest BCUT2D eigenvalue weighted by Gasteiger charge is -2.16. The Kier molecular flexibility index (Phi) is 6.19. The predicted molar refractivity (Wildman–Crippen MR) is 117 cm³/mol. The molecule has 2 aromatic heterocycles. The lowest BCUT2D eigenvalue weighted by atomic mass is 9.94. The second kappa shape index (κ2) is 8.97. The highest BCUT2D eigenvalue weighted by atomic mass is 16.1. The first kappa shape index (κ1) is 20.0. The van der Waals surface area contributed by atoms with Crippen molar-refractivity contribution in [3.05, 3.63) is 78.7 Å². The van der Waals surface area contributed by atoms with Gasteiger partial charge in [0, 0.05) is 24.5 Å². The molecule has 7 nitrogen and oxygen atoms in total. The largest absolute Gasteiger partial charge is 0.348 e. The van der Waals surface area contributed by atoms with Crippen LogP contribution in [0.2, 0.25) is 0 Å². The Hall–Kier alpha value is -3.74. The number of hydrogen-bond acceptors (Lipinski definition) is 6. The SMILES string of the molecule is C=CNC(=C)N=C/C=C(/c1ncc(Nc2ccccn2)c2c1CNC2=O)C(C)C. The maximum absolute atomic E-state index is 12.5. The molecule has 29 heavy (non-hydrogen) atoms. The summed E-state index contributed by atoms with van der Waals surface area (Å²) in [6.45, 7) is 12.0. The monoisotopic (exact) mass is 388 g/mol. The molecule has 1 amide bonds. The van der Waals surface area contributed by atoms with Crippen molar-refractivity contribution in [3.8, 4) is 0 Å². The lowest BCUT2D eigenvalue weighted by Crippen LogP contribution is -2.13. The summed E-state index contributed by atoms with van der Waals surface area (Å²) in [5.41, 5.74) is 3.87. The van der Waals surface area contributed by atoms with Crippen molar-refractivity contribution in [1.82, 2.24) is 20.6 Å². The molecule has 2 aromatic rings. The van der Waals surface area contributed by atoms with Crippen LogP contribution in [0.4, 0.5) is 11.5 Å². The van der Waals surface area contributed by atoms with Crippen LogP contribution in [0.15, 0.2) is 66.8 Å². The van der Waals surface area contributed by atoms with Crippen LogP contribution in [-0.2, 0) is 6.54 Å². The molecule has 0 aromatic carbocycles. The van der Waals surface area contributed by atoms with Gasteiger partial charge in [0.2, 0.25) is 0 Å². The fourth-order valence-corrected chi connectivity index (χ4v) is 3.07. The molecule has 0 atom stereocenters. The Morgan fingerprint density at radius 2 is 2.17 bits per heavy atom. The molecule has 1 aliphatic heterocycles. The number of nitrogens with one attached hydrogen (secondary N) is 3. The fourth-order valence-electron chi connectivity index (χ4n) is 3.07. The Morgan fingerprint density at radius 1 is 1.34 bits per heavy atom. The van der Waals surface area contributed by atoms with Gasteiger partial charge in [0.05, 0.1) is 23.1 Å². The third kappa shape index (κ3) is 4.57. The smallest absolute Gasteiger partial charge is 0.254 e. The minimum atomic E-state index is -0.123. The Labute approximate surface area is 170 Å². The van der Waals surface area contributed by atoms with Gasteiger partial charge in [-0.15, -0.1) is 0 Å². The second-order valence-corrected chi connectivity index (χ2v) is 6.75. The highest BCUT2D eigenvalue weighted by Crippen LogP contribution is 2.33. The topological polar surface area (TPSA) is 91.3 Å². The molecule has 0 bridgehead atoms. The molecule has 0 spiro atoms. The number of amides is 1. The molecular formula is C22H24N6O. The van der Waals surface area contributed by atoms with Gasteiger partial charge in [-0.1, -0.05) is 33.1 Å². The maximum atomic E-state index is 12.5. The number of nitrogens with zero attached hydrogens (tertiary/aromatic N) is 3. The summed E-state index contributed by atoms with van der Waals surface area (Å²) >= 11 is 0. The number of aliphatic imine (C=N–C) groups is 1. The van der Waals surface area contributed by atoms with E-state index in [0.717, 1.165) is 16.8 Å². The fraction of sp³-hybridized carbons (Fsp3) is 0.182. The molecule has 0 fully saturated rings. The summed E-state index contributed by atoms with van der Waals surface area (Å²) in [4.78, 5) is 25.7. The van der Waals surface area contributed by atoms with Crippen LogP contribution in [0.25, 0.3) is 5.57 Å². The third-order valence-corrected chi connectivity index (χ3v) is 4.41. The van der Waals surface area contributed by atoms with Crippen molar-refractivity contribution >= 4 is 29.2 Å². The molecular weight excluding hydrogens is 364 g/mol. The lowest BCUT2D eigenvalue weighted by molar-refractivity contribution is 0.0966. The van der Waals surface area contributed by atoms with E-state index in [1.165, 1.54) is 6.20 Å². The van der Waals surface area contributed by atoms with Gasteiger partial charge >= 0.3 is 0 Å². The van der Waals surface area contributed by atoms with E-state index in [2.05, 4.69) is 57.9 Å². The predicted octanol–water partition coefficient (Wildman–Crippen LogP) is 3.78. The second-order valence-electron chi connectivity index (χ2n) is 6.75. The summed E-state index contributed by atoms with van der Waals surface area (Å²) in [5.74, 6) is 1.21. The summed E-state index contributed by atoms with van der Waals surface area (Å²) < 4.78 is 0. The molecule has 3 heterocycles. The summed E-state index contributed by atoms with van der Waals surface area (Å²) in [6, 6.07) is 5.56. The zero-order valence-electron chi connectivity index (χ0n) is 16.6. The zero-order valence-corrected chi connectivity index (χ0v) is 16.6. The van der Waals surface area contributed by atoms with E-state index >= 15 is 0 Å². The first-order chi connectivity index (χ1) is 14.0. The van der Waals surface area contributed by atoms with Gasteiger partial charge in [0.1, 0.15) is 11.6 Å². The number of allylic oxidation sites excluding steroid dienone is 2. The highest BCUT2D eigenvalue weighted by Gasteiger charge is 2.28. The van der Waals surface area contributed by atoms with Crippen molar-refractivity contribution in [2.24, 2.45) is 10.9 Å². The first-order valence-corrected chi connectivity index (χ1v) is 9.30. The molecule has 0 saturated heterocycles. The van der Waals surface area contributed by atoms with E-state index in [9.17, 15) is 4.79 Å². The summed E-state index contributed by atoms with van der Waals surface area (Å²) in [6.07, 6.45) is 8.47. The van der Waals surface area contributed by atoms with Gasteiger partial charge in [0.25, 0.3) is 5.91 Å². The number of carbonyl (C=O) groups excluding carboxylic acids is 1. The summed E-state index contributed by atoms with van der Waals surface area (Å²) in [7, 11) is 0. The Balaban J connectivity index is 1.99. The molecule has 0 saturated carbocycles. The van der Waals surface area contributed by atoms with Crippen molar-refractivity contribution < 1.29 is 4.79 Å². The number of hydrogen-bond donors (Lipinski definition) is 3. The molecule has 0 aliphatic carbocycles. The van der Waals surface area contributed by atoms with Gasteiger partial charge in [-0.3, -0.25) is 9.78 Å². The Morgan fingerprint density at radius 3 is 2.86 bits per heavy atom. The van der Waals surface area contributed by atoms with Gasteiger partial charge in [-0.2, -0.15) is 0 Å². The third-order valence-electron chi connectivity index (χ3n) is 4.41. The van der Waals surface area contributed by atoms with Crippen LogP contribution in [0.3, 0.4) is 0 Å². The summed E-state index contributed by atoms with van der Waals surface area (Å²) in [5, 5.41) is 8.92. The van der Waals surface area contributed by atoms with E-state index in [4.69, 9.17) is 0 Å². The standard InChI is InChI=1S/C22H24N6O/c1-5-23-15(4)24-11-9-16(14(2)3)21-17-12-27-22(29)20(17)18(13-26-21)28-19-8-6-7-10-25-19/h5-11,13-14,23H,1,4,12H2,2-3H3,(H,25,28)(H,27,29)/b16-9+,24-11?. The van der Waals surface area contributed by atoms with Crippen molar-refractivity contribution in [1.29, 1.82) is 0 Å². The van der Waals surface area contributed by atoms with Crippen LogP contribution in [-0.4, -0.2) is 22.1 Å². The maximum Gasteiger partial charge on any atom is 0.254 e. The molecule has 3 rings (SSSR count). The minimum absolute atomic E-state index is 0.123. The van der Waals surface area contributed by atoms with Gasteiger partial charge < -0.3 is 16.0 Å². The first-order valence-electron chi connectivity index (χ1n) is 9.30. The van der Waals surface area contributed by atoms with Crippen LogP contribution < -0.4 is 16.0 Å². The van der Waals surface area contributed by atoms with Gasteiger partial charge in [-0.05, 0) is 35.9 Å². The van der Waals surface area contributed by atoms with Crippen molar-refractivity contribution in [3.63, 3.8) is 0 Å². The molecule has 148 valence electrons. The number of fused-ring (bicyclic) bond motifs is 1. The minimum Gasteiger partial charge on any atom is -0.348 e. The van der Waals surface area contributed by atoms with E-state index in [0.29, 0.717) is 29.4 Å². The number of anilines is 2. The van der Waals surface area contributed by atoms with Gasteiger partial charge in [0.15, 0.2) is 0 Å². The van der Waals surface area contributed by atoms with E-state index in [-0.39, 0.29) is 11.8 Å².